The van der Waals surface area contributed by atoms with Crippen LogP contribution in [0.25, 0.3) is 0 Å². The van der Waals surface area contributed by atoms with Gasteiger partial charge in [0.15, 0.2) is 0 Å². The van der Waals surface area contributed by atoms with Gasteiger partial charge in [-0.05, 0) is 43.4 Å². The Balaban J connectivity index is 1.85. The highest BCUT2D eigenvalue weighted by Crippen LogP contribution is 2.24. The number of hydrogen-bond acceptors (Lipinski definition) is 3. The lowest BCUT2D eigenvalue weighted by atomic mass is 10.0. The molecule has 0 radical (unpaired) electrons. The van der Waals surface area contributed by atoms with Crippen molar-refractivity contribution in [2.45, 2.75) is 32.2 Å². The molecule has 0 fully saturated rings. The lowest BCUT2D eigenvalue weighted by molar-refractivity contribution is 0.0600. The van der Waals surface area contributed by atoms with Gasteiger partial charge in [-0.15, -0.1) is 0 Å². The summed E-state index contributed by atoms with van der Waals surface area (Å²) in [7, 11) is 1.39. The quantitative estimate of drug-likeness (QED) is 0.799. The number of imidazole rings is 1. The lowest BCUT2D eigenvalue weighted by Crippen LogP contribution is -2.09. The molecule has 110 valence electrons. The van der Waals surface area contributed by atoms with Crippen LogP contribution in [0.1, 0.15) is 40.2 Å². The van der Waals surface area contributed by atoms with Crippen molar-refractivity contribution in [2.75, 3.05) is 7.11 Å². The second-order valence-corrected chi connectivity index (χ2v) is 6.13. The van der Waals surface area contributed by atoms with E-state index in [1.54, 1.807) is 6.07 Å². The molecule has 0 N–H and O–H groups in total. The number of carbonyl (C=O) groups excluding carboxylic acids is 1. The van der Waals surface area contributed by atoms with Gasteiger partial charge in [0.1, 0.15) is 0 Å². The fraction of sp³-hybridized carbons (Fsp3) is 0.375. The van der Waals surface area contributed by atoms with E-state index in [-0.39, 0.29) is 5.97 Å². The summed E-state index contributed by atoms with van der Waals surface area (Å²) in [6.07, 6.45) is 6.59. The molecule has 0 atom stereocenters. The van der Waals surface area contributed by atoms with Crippen LogP contribution in [0.2, 0.25) is 0 Å². The smallest absolute Gasteiger partial charge is 0.337 e. The van der Waals surface area contributed by atoms with Crippen LogP contribution in [0.3, 0.4) is 0 Å². The third-order valence-corrected chi connectivity index (χ3v) is 4.66. The van der Waals surface area contributed by atoms with Crippen molar-refractivity contribution in [1.82, 2.24) is 9.55 Å². The number of esters is 1. The van der Waals surface area contributed by atoms with Crippen LogP contribution in [0.15, 0.2) is 29.0 Å². The Bertz CT molecular complexity index is 679. The van der Waals surface area contributed by atoms with Gasteiger partial charge in [-0.3, -0.25) is 0 Å². The van der Waals surface area contributed by atoms with Gasteiger partial charge in [-0.25, -0.2) is 9.78 Å². The van der Waals surface area contributed by atoms with Crippen molar-refractivity contribution in [1.29, 1.82) is 0 Å². The van der Waals surface area contributed by atoms with Gasteiger partial charge in [0.05, 0.1) is 24.7 Å². The summed E-state index contributed by atoms with van der Waals surface area (Å²) in [6.45, 7) is 0.768. The number of halogens is 1. The number of carbonyl (C=O) groups is 1. The fourth-order valence-corrected chi connectivity index (χ4v) is 3.28. The Kier molecular flexibility index (Phi) is 4.10. The summed E-state index contributed by atoms with van der Waals surface area (Å²) >= 11 is 3.54. The largest absolute Gasteiger partial charge is 0.465 e. The third kappa shape index (κ3) is 2.88. The Morgan fingerprint density at radius 2 is 2.19 bits per heavy atom. The van der Waals surface area contributed by atoms with Crippen molar-refractivity contribution in [3.8, 4) is 0 Å². The topological polar surface area (TPSA) is 44.1 Å². The van der Waals surface area contributed by atoms with Crippen LogP contribution in [-0.2, 0) is 24.1 Å². The molecule has 21 heavy (non-hydrogen) atoms. The zero-order valence-electron chi connectivity index (χ0n) is 11.9. The van der Waals surface area contributed by atoms with Crippen LogP contribution in [0, 0.1) is 0 Å². The highest BCUT2D eigenvalue weighted by Gasteiger charge is 2.16. The third-order valence-electron chi connectivity index (χ3n) is 3.92. The van der Waals surface area contributed by atoms with Crippen LogP contribution < -0.4 is 0 Å². The Morgan fingerprint density at radius 3 is 2.95 bits per heavy atom. The number of aromatic nitrogens is 2. The van der Waals surface area contributed by atoms with Crippen molar-refractivity contribution in [3.05, 3.63) is 51.5 Å². The number of fused-ring (bicyclic) bond motifs is 1. The van der Waals surface area contributed by atoms with Crippen LogP contribution in [0.5, 0.6) is 0 Å². The van der Waals surface area contributed by atoms with E-state index in [0.29, 0.717) is 5.56 Å². The maximum Gasteiger partial charge on any atom is 0.337 e. The number of rotatable bonds is 3. The number of aryl methyl sites for hydroxylation is 1. The SMILES string of the molecule is COC(=O)c1ccc(Cn2cnc3c2CCCC3)c(Br)c1. The maximum atomic E-state index is 11.5. The standard InChI is InChI=1S/C16H17BrN2O2/c1-21-16(20)11-6-7-12(13(17)8-11)9-19-10-18-14-4-2-3-5-15(14)19/h6-8,10H,2-5,9H2,1H3. The number of hydrogen-bond donors (Lipinski definition) is 0. The van der Waals surface area contributed by atoms with E-state index in [4.69, 9.17) is 4.74 Å². The van der Waals surface area contributed by atoms with Gasteiger partial charge in [0.25, 0.3) is 0 Å². The molecule has 5 heteroatoms. The van der Waals surface area contributed by atoms with Crippen molar-refractivity contribution < 1.29 is 9.53 Å². The Hall–Kier alpha value is -1.62. The van der Waals surface area contributed by atoms with E-state index in [0.717, 1.165) is 29.4 Å². The first kappa shape index (κ1) is 14.3. The summed E-state index contributed by atoms with van der Waals surface area (Å²) < 4.78 is 7.87. The van der Waals surface area contributed by atoms with Gasteiger partial charge in [-0.1, -0.05) is 22.0 Å². The van der Waals surface area contributed by atoms with Gasteiger partial charge in [0.2, 0.25) is 0 Å². The van der Waals surface area contributed by atoms with Gasteiger partial charge in [-0.2, -0.15) is 0 Å². The van der Waals surface area contributed by atoms with E-state index in [9.17, 15) is 4.79 Å². The minimum Gasteiger partial charge on any atom is -0.465 e. The molecule has 1 aromatic carbocycles. The molecule has 1 aliphatic carbocycles. The molecule has 0 amide bonds. The molecule has 0 bridgehead atoms. The second-order valence-electron chi connectivity index (χ2n) is 5.27. The minimum absolute atomic E-state index is 0.317. The van der Waals surface area contributed by atoms with Crippen LogP contribution in [0.4, 0.5) is 0 Å². The van der Waals surface area contributed by atoms with Crippen molar-refractivity contribution in [2.24, 2.45) is 0 Å². The van der Waals surface area contributed by atoms with E-state index in [2.05, 4.69) is 25.5 Å². The zero-order valence-corrected chi connectivity index (χ0v) is 13.5. The fourth-order valence-electron chi connectivity index (χ4n) is 2.77. The molecule has 2 aromatic rings. The first-order valence-electron chi connectivity index (χ1n) is 7.08. The van der Waals surface area contributed by atoms with E-state index in [1.165, 1.54) is 31.3 Å². The molecule has 0 unspecified atom stereocenters. The van der Waals surface area contributed by atoms with Crippen LogP contribution in [-0.4, -0.2) is 22.6 Å². The summed E-state index contributed by atoms with van der Waals surface area (Å²) in [5.74, 6) is -0.317. The monoisotopic (exact) mass is 348 g/mol. The first-order valence-corrected chi connectivity index (χ1v) is 7.88. The molecule has 1 aromatic heterocycles. The van der Waals surface area contributed by atoms with Crippen molar-refractivity contribution >= 4 is 21.9 Å². The van der Waals surface area contributed by atoms with Gasteiger partial charge < -0.3 is 9.30 Å². The highest BCUT2D eigenvalue weighted by atomic mass is 79.9. The van der Waals surface area contributed by atoms with E-state index in [1.807, 2.05) is 18.5 Å². The average Bonchev–Trinajstić information content (AvgIpc) is 2.92. The molecule has 3 rings (SSSR count). The van der Waals surface area contributed by atoms with Crippen molar-refractivity contribution in [3.63, 3.8) is 0 Å². The van der Waals surface area contributed by atoms with Gasteiger partial charge in [0, 0.05) is 16.7 Å². The molecular weight excluding hydrogens is 332 g/mol. The van der Waals surface area contributed by atoms with E-state index >= 15 is 0 Å². The molecule has 0 saturated heterocycles. The molecule has 1 aliphatic rings. The Labute approximate surface area is 132 Å². The maximum absolute atomic E-state index is 11.5. The predicted octanol–water partition coefficient (Wildman–Crippen LogP) is 3.36. The predicted molar refractivity (Wildman–Crippen MR) is 83.5 cm³/mol. The lowest BCUT2D eigenvalue weighted by Gasteiger charge is -2.15. The van der Waals surface area contributed by atoms with Gasteiger partial charge >= 0.3 is 5.97 Å². The number of benzene rings is 1. The highest BCUT2D eigenvalue weighted by molar-refractivity contribution is 9.10. The molecule has 0 aliphatic heterocycles. The second kappa shape index (κ2) is 6.02. The number of methoxy groups -OCH3 is 1. The number of ether oxygens (including phenoxy) is 1. The number of nitrogens with zero attached hydrogens (tertiary/aromatic N) is 2. The molecule has 0 spiro atoms. The Morgan fingerprint density at radius 1 is 1.38 bits per heavy atom. The summed E-state index contributed by atoms with van der Waals surface area (Å²) in [4.78, 5) is 16.0. The normalized spacial score (nSPS) is 13.8. The van der Waals surface area contributed by atoms with Crippen LogP contribution >= 0.6 is 15.9 Å². The average molecular weight is 349 g/mol. The first-order chi connectivity index (χ1) is 10.2. The zero-order chi connectivity index (χ0) is 14.8. The summed E-state index contributed by atoms with van der Waals surface area (Å²) in [5, 5.41) is 0. The van der Waals surface area contributed by atoms with E-state index < -0.39 is 0 Å². The minimum atomic E-state index is -0.317. The molecule has 4 nitrogen and oxygen atoms in total. The molecule has 0 saturated carbocycles. The molecule has 1 heterocycles. The summed E-state index contributed by atoms with van der Waals surface area (Å²) in [5.41, 5.74) is 4.28. The summed E-state index contributed by atoms with van der Waals surface area (Å²) in [6, 6.07) is 5.57. The molecular formula is C16H17BrN2O2.